The molecule has 6 nitrogen and oxygen atoms in total. The lowest BCUT2D eigenvalue weighted by atomic mass is 10.0. The first-order valence-corrected chi connectivity index (χ1v) is 8.52. The summed E-state index contributed by atoms with van der Waals surface area (Å²) in [6.07, 6.45) is 3.14. The van der Waals surface area contributed by atoms with Crippen LogP contribution in [0.3, 0.4) is 0 Å². The molecule has 4 aromatic rings. The molecular formula is C17H16N6S. The van der Waals surface area contributed by atoms with E-state index in [4.69, 9.17) is 0 Å². The summed E-state index contributed by atoms with van der Waals surface area (Å²) in [7, 11) is 0. The number of anilines is 1. The molecule has 24 heavy (non-hydrogen) atoms. The zero-order valence-electron chi connectivity index (χ0n) is 13.3. The quantitative estimate of drug-likeness (QED) is 0.590. The number of aromatic nitrogens is 5. The minimum Gasteiger partial charge on any atom is -0.362 e. The lowest BCUT2D eigenvalue weighted by molar-refractivity contribution is 0.875. The number of nitrogens with one attached hydrogen (secondary N) is 2. The largest absolute Gasteiger partial charge is 0.362 e. The van der Waals surface area contributed by atoms with E-state index in [9.17, 15) is 0 Å². The monoisotopic (exact) mass is 336 g/mol. The summed E-state index contributed by atoms with van der Waals surface area (Å²) in [6, 6.07) is 8.55. The maximum atomic E-state index is 4.53. The third-order valence-electron chi connectivity index (χ3n) is 3.90. The SMILES string of the molecule is Cc1nc(-c2ccc(C(C)Nc3ncnc4nc[nH]c34)cc2)cs1. The third kappa shape index (κ3) is 2.74. The predicted molar refractivity (Wildman–Crippen MR) is 96.0 cm³/mol. The molecule has 0 spiro atoms. The molecule has 0 aliphatic carbocycles. The van der Waals surface area contributed by atoms with Gasteiger partial charge in [0.05, 0.1) is 23.1 Å². The first-order chi connectivity index (χ1) is 11.7. The van der Waals surface area contributed by atoms with Crippen LogP contribution >= 0.6 is 11.3 Å². The van der Waals surface area contributed by atoms with Gasteiger partial charge in [-0.1, -0.05) is 24.3 Å². The fourth-order valence-corrected chi connectivity index (χ4v) is 3.22. The molecule has 0 saturated carbocycles. The smallest absolute Gasteiger partial charge is 0.182 e. The van der Waals surface area contributed by atoms with E-state index in [-0.39, 0.29) is 6.04 Å². The van der Waals surface area contributed by atoms with Crippen molar-refractivity contribution in [3.8, 4) is 11.3 Å². The fraction of sp³-hybridized carbons (Fsp3) is 0.176. The number of aryl methyl sites for hydroxylation is 1. The van der Waals surface area contributed by atoms with Gasteiger partial charge >= 0.3 is 0 Å². The molecule has 0 aliphatic rings. The van der Waals surface area contributed by atoms with Gasteiger partial charge in [-0.3, -0.25) is 0 Å². The van der Waals surface area contributed by atoms with Crippen molar-refractivity contribution in [3.63, 3.8) is 0 Å². The second-order valence-electron chi connectivity index (χ2n) is 5.56. The summed E-state index contributed by atoms with van der Waals surface area (Å²) in [4.78, 5) is 20.2. The summed E-state index contributed by atoms with van der Waals surface area (Å²) in [5.74, 6) is 0.754. The van der Waals surface area contributed by atoms with Gasteiger partial charge in [0.15, 0.2) is 11.5 Å². The molecule has 3 aromatic heterocycles. The highest BCUT2D eigenvalue weighted by atomic mass is 32.1. The summed E-state index contributed by atoms with van der Waals surface area (Å²) in [5.41, 5.74) is 4.82. The van der Waals surface area contributed by atoms with Crippen LogP contribution in [-0.2, 0) is 0 Å². The normalized spacial score (nSPS) is 12.4. The van der Waals surface area contributed by atoms with Crippen LogP contribution in [0.15, 0.2) is 42.3 Å². The van der Waals surface area contributed by atoms with E-state index in [1.54, 1.807) is 17.7 Å². The maximum absolute atomic E-state index is 4.53. The molecule has 0 amide bonds. The Labute approximate surface area is 143 Å². The van der Waals surface area contributed by atoms with Gasteiger partial charge in [0.2, 0.25) is 0 Å². The number of imidazole rings is 1. The van der Waals surface area contributed by atoms with E-state index >= 15 is 0 Å². The molecule has 0 bridgehead atoms. The van der Waals surface area contributed by atoms with Crippen molar-refractivity contribution >= 4 is 28.3 Å². The summed E-state index contributed by atoms with van der Waals surface area (Å²) in [5, 5.41) is 6.58. The van der Waals surface area contributed by atoms with Crippen LogP contribution in [0.1, 0.15) is 23.5 Å². The van der Waals surface area contributed by atoms with Gasteiger partial charge in [-0.25, -0.2) is 19.9 Å². The van der Waals surface area contributed by atoms with Gasteiger partial charge in [0.25, 0.3) is 0 Å². The Bertz CT molecular complexity index is 972. The van der Waals surface area contributed by atoms with Gasteiger partial charge in [-0.2, -0.15) is 0 Å². The van der Waals surface area contributed by atoms with Crippen molar-refractivity contribution in [2.24, 2.45) is 0 Å². The zero-order valence-corrected chi connectivity index (χ0v) is 14.1. The molecule has 4 rings (SSSR count). The number of H-pyrrole nitrogens is 1. The number of hydrogen-bond donors (Lipinski definition) is 2. The predicted octanol–water partition coefficient (Wildman–Crippen LogP) is 3.96. The van der Waals surface area contributed by atoms with Crippen LogP contribution in [0.4, 0.5) is 5.82 Å². The fourth-order valence-electron chi connectivity index (χ4n) is 2.60. The number of aromatic amines is 1. The van der Waals surface area contributed by atoms with Gasteiger partial charge in [-0.15, -0.1) is 11.3 Å². The number of rotatable bonds is 4. The maximum Gasteiger partial charge on any atom is 0.182 e. The number of thiazole rings is 1. The Hall–Kier alpha value is -2.80. The van der Waals surface area contributed by atoms with Gasteiger partial charge < -0.3 is 10.3 Å². The van der Waals surface area contributed by atoms with E-state index < -0.39 is 0 Å². The van der Waals surface area contributed by atoms with E-state index in [0.29, 0.717) is 5.65 Å². The van der Waals surface area contributed by atoms with E-state index in [0.717, 1.165) is 27.6 Å². The van der Waals surface area contributed by atoms with Gasteiger partial charge in [0.1, 0.15) is 11.8 Å². The molecule has 1 aromatic carbocycles. The van der Waals surface area contributed by atoms with Crippen molar-refractivity contribution in [2.45, 2.75) is 19.9 Å². The second kappa shape index (κ2) is 6.01. The molecule has 1 atom stereocenters. The van der Waals surface area contributed by atoms with Crippen LogP contribution in [0.2, 0.25) is 0 Å². The van der Waals surface area contributed by atoms with Crippen LogP contribution in [0, 0.1) is 6.92 Å². The number of benzene rings is 1. The minimum absolute atomic E-state index is 0.109. The topological polar surface area (TPSA) is 79.4 Å². The summed E-state index contributed by atoms with van der Waals surface area (Å²) >= 11 is 1.67. The Kier molecular flexibility index (Phi) is 3.70. The first kappa shape index (κ1) is 14.8. The number of nitrogens with zero attached hydrogens (tertiary/aromatic N) is 4. The van der Waals surface area contributed by atoms with Crippen LogP contribution in [-0.4, -0.2) is 24.9 Å². The van der Waals surface area contributed by atoms with E-state index in [1.165, 1.54) is 11.9 Å². The molecule has 0 fully saturated rings. The van der Waals surface area contributed by atoms with Crippen LogP contribution in [0.25, 0.3) is 22.4 Å². The van der Waals surface area contributed by atoms with Crippen molar-refractivity contribution in [1.82, 2.24) is 24.9 Å². The van der Waals surface area contributed by atoms with Crippen molar-refractivity contribution in [3.05, 3.63) is 52.9 Å². The average molecular weight is 336 g/mol. The lowest BCUT2D eigenvalue weighted by Gasteiger charge is -2.15. The summed E-state index contributed by atoms with van der Waals surface area (Å²) < 4.78 is 0. The number of fused-ring (bicyclic) bond motifs is 1. The number of hydrogen-bond acceptors (Lipinski definition) is 6. The Morgan fingerprint density at radius 3 is 2.71 bits per heavy atom. The van der Waals surface area contributed by atoms with E-state index in [1.807, 2.05) is 6.92 Å². The molecule has 2 N–H and O–H groups in total. The Morgan fingerprint density at radius 2 is 1.96 bits per heavy atom. The van der Waals surface area contributed by atoms with E-state index in [2.05, 4.69) is 66.8 Å². The van der Waals surface area contributed by atoms with Crippen molar-refractivity contribution in [2.75, 3.05) is 5.32 Å². The van der Waals surface area contributed by atoms with Gasteiger partial charge in [0, 0.05) is 10.9 Å². The minimum atomic E-state index is 0.109. The second-order valence-corrected chi connectivity index (χ2v) is 6.63. The molecule has 120 valence electrons. The standard InChI is InChI=1S/C17H16N6S/c1-10(22-17-15-16(19-8-18-15)20-9-21-17)12-3-5-13(6-4-12)14-7-24-11(2)23-14/h3-10H,1-2H3,(H2,18,19,20,21,22). The highest BCUT2D eigenvalue weighted by Gasteiger charge is 2.11. The zero-order chi connectivity index (χ0) is 16.5. The molecule has 3 heterocycles. The molecule has 0 aliphatic heterocycles. The molecule has 7 heteroatoms. The molecule has 0 radical (unpaired) electrons. The Balaban J connectivity index is 1.56. The summed E-state index contributed by atoms with van der Waals surface area (Å²) in [6.45, 7) is 4.12. The molecule has 0 saturated heterocycles. The van der Waals surface area contributed by atoms with Crippen molar-refractivity contribution in [1.29, 1.82) is 0 Å². The van der Waals surface area contributed by atoms with Crippen molar-refractivity contribution < 1.29 is 0 Å². The van der Waals surface area contributed by atoms with Crippen LogP contribution < -0.4 is 5.32 Å². The highest BCUT2D eigenvalue weighted by molar-refractivity contribution is 7.09. The molecular weight excluding hydrogens is 320 g/mol. The third-order valence-corrected chi connectivity index (χ3v) is 4.68. The van der Waals surface area contributed by atoms with Crippen LogP contribution in [0.5, 0.6) is 0 Å². The molecule has 1 unspecified atom stereocenters. The average Bonchev–Trinajstić information content (AvgIpc) is 3.24. The van der Waals surface area contributed by atoms with Gasteiger partial charge in [-0.05, 0) is 19.4 Å². The first-order valence-electron chi connectivity index (χ1n) is 7.64. The Morgan fingerprint density at radius 1 is 1.12 bits per heavy atom. The highest BCUT2D eigenvalue weighted by Crippen LogP contribution is 2.25. The lowest BCUT2D eigenvalue weighted by Crippen LogP contribution is -2.08.